The molecule has 3 unspecified atom stereocenters. The zero-order valence-corrected chi connectivity index (χ0v) is 15.6. The van der Waals surface area contributed by atoms with Gasteiger partial charge in [0.15, 0.2) is 0 Å². The van der Waals surface area contributed by atoms with E-state index in [9.17, 15) is 4.79 Å². The molecule has 4 rings (SSSR count). The first-order chi connectivity index (χ1) is 12.0. The van der Waals surface area contributed by atoms with Crippen LogP contribution in [0.2, 0.25) is 15.1 Å². The highest BCUT2D eigenvalue weighted by Crippen LogP contribution is 2.47. The van der Waals surface area contributed by atoms with Crippen molar-refractivity contribution >= 4 is 46.3 Å². The Hall–Kier alpha value is -1.48. The van der Waals surface area contributed by atoms with Gasteiger partial charge in [0.25, 0.3) is 0 Å². The number of hydrogen-bond acceptors (Lipinski definition) is 1. The van der Waals surface area contributed by atoms with E-state index >= 15 is 0 Å². The second-order valence-corrected chi connectivity index (χ2v) is 7.89. The lowest BCUT2D eigenvalue weighted by atomic mass is 9.71. The molecule has 5 heteroatoms. The molecule has 1 N–H and O–H groups in total. The number of hydrogen-bond donors (Lipinski definition) is 1. The second kappa shape index (κ2) is 6.68. The van der Waals surface area contributed by atoms with Gasteiger partial charge in [-0.05, 0) is 53.3 Å². The first-order valence-electron chi connectivity index (χ1n) is 8.23. The van der Waals surface area contributed by atoms with E-state index in [-0.39, 0.29) is 17.7 Å². The maximum Gasteiger partial charge on any atom is 0.227 e. The fourth-order valence-electron chi connectivity index (χ4n) is 3.89. The Labute approximate surface area is 161 Å². The van der Waals surface area contributed by atoms with Crippen LogP contribution in [0.15, 0.2) is 48.5 Å². The summed E-state index contributed by atoms with van der Waals surface area (Å²) in [4.78, 5) is 12.2. The quantitative estimate of drug-likeness (QED) is 0.710. The second-order valence-electron chi connectivity index (χ2n) is 6.61. The van der Waals surface area contributed by atoms with Crippen LogP contribution in [0.25, 0.3) is 5.57 Å². The molecule has 2 nitrogen and oxygen atoms in total. The molecule has 1 saturated heterocycles. The van der Waals surface area contributed by atoms with Crippen LogP contribution in [0.4, 0.5) is 0 Å². The lowest BCUT2D eigenvalue weighted by Crippen LogP contribution is -2.23. The van der Waals surface area contributed by atoms with Crippen molar-refractivity contribution in [3.63, 3.8) is 0 Å². The van der Waals surface area contributed by atoms with Gasteiger partial charge in [-0.25, -0.2) is 0 Å². The lowest BCUT2D eigenvalue weighted by molar-refractivity contribution is -0.121. The zero-order valence-electron chi connectivity index (χ0n) is 13.3. The number of halogens is 3. The number of carbonyl (C=O) groups is 1. The highest BCUT2D eigenvalue weighted by molar-refractivity contribution is 6.35. The molecule has 1 aliphatic carbocycles. The number of carbonyl (C=O) groups excluding carboxylic acids is 1. The molecule has 0 radical (unpaired) electrons. The zero-order chi connectivity index (χ0) is 17.6. The molecule has 1 amide bonds. The van der Waals surface area contributed by atoms with Crippen LogP contribution < -0.4 is 5.32 Å². The van der Waals surface area contributed by atoms with Crippen molar-refractivity contribution in [3.8, 4) is 0 Å². The molecule has 1 heterocycles. The number of rotatable bonds is 2. The summed E-state index contributed by atoms with van der Waals surface area (Å²) < 4.78 is 0. The Bertz CT molecular complexity index is 860. The van der Waals surface area contributed by atoms with Gasteiger partial charge in [0.2, 0.25) is 5.91 Å². The number of nitrogens with one attached hydrogen (secondary N) is 1. The molecule has 25 heavy (non-hydrogen) atoms. The average molecular weight is 393 g/mol. The molecule has 0 spiro atoms. The van der Waals surface area contributed by atoms with Crippen LogP contribution in [-0.4, -0.2) is 12.5 Å². The van der Waals surface area contributed by atoms with E-state index in [4.69, 9.17) is 34.8 Å². The smallest absolute Gasteiger partial charge is 0.227 e. The molecule has 0 bridgehead atoms. The van der Waals surface area contributed by atoms with Crippen LogP contribution in [-0.2, 0) is 4.79 Å². The maximum atomic E-state index is 12.2. The van der Waals surface area contributed by atoms with Crippen molar-refractivity contribution in [2.75, 3.05) is 6.54 Å². The summed E-state index contributed by atoms with van der Waals surface area (Å²) >= 11 is 18.6. The van der Waals surface area contributed by atoms with Crippen LogP contribution in [0.3, 0.4) is 0 Å². The molecule has 128 valence electrons. The normalized spacial score (nSPS) is 25.3. The topological polar surface area (TPSA) is 29.1 Å². The highest BCUT2D eigenvalue weighted by Gasteiger charge is 2.40. The molecule has 3 atom stereocenters. The monoisotopic (exact) mass is 391 g/mol. The Kier molecular flexibility index (Phi) is 4.53. The van der Waals surface area contributed by atoms with Gasteiger partial charge in [0, 0.05) is 27.5 Å². The van der Waals surface area contributed by atoms with E-state index in [1.165, 1.54) is 0 Å². The largest absolute Gasteiger partial charge is 0.355 e. The van der Waals surface area contributed by atoms with E-state index in [0.29, 0.717) is 21.0 Å². The van der Waals surface area contributed by atoms with Crippen LogP contribution in [0, 0.1) is 11.8 Å². The summed E-state index contributed by atoms with van der Waals surface area (Å²) in [7, 11) is 0. The van der Waals surface area contributed by atoms with E-state index in [1.807, 2.05) is 36.4 Å². The molecular weight excluding hydrogens is 377 g/mol. The van der Waals surface area contributed by atoms with E-state index in [2.05, 4.69) is 11.4 Å². The highest BCUT2D eigenvalue weighted by atomic mass is 35.5. The Morgan fingerprint density at radius 3 is 2.40 bits per heavy atom. The summed E-state index contributed by atoms with van der Waals surface area (Å²) in [5.74, 6) is 0.449. The molecule has 0 saturated carbocycles. The molecule has 0 aromatic heterocycles. The SMILES string of the molecule is O=C1NCC2CC(c3ccc(Cl)cc3Cl)C(c3ccc(Cl)cc3)=CC12. The van der Waals surface area contributed by atoms with E-state index in [1.54, 1.807) is 6.07 Å². The van der Waals surface area contributed by atoms with Gasteiger partial charge in [-0.15, -0.1) is 0 Å². The number of benzene rings is 2. The van der Waals surface area contributed by atoms with Crippen molar-refractivity contribution in [2.45, 2.75) is 12.3 Å². The maximum absolute atomic E-state index is 12.2. The minimum absolute atomic E-state index is 0.0759. The van der Waals surface area contributed by atoms with Gasteiger partial charge < -0.3 is 5.32 Å². The van der Waals surface area contributed by atoms with Gasteiger partial charge in [-0.1, -0.05) is 59.1 Å². The fourth-order valence-corrected chi connectivity index (χ4v) is 4.56. The van der Waals surface area contributed by atoms with E-state index in [0.717, 1.165) is 29.7 Å². The summed E-state index contributed by atoms with van der Waals surface area (Å²) in [5, 5.41) is 4.95. The molecule has 2 aromatic rings. The third-order valence-electron chi connectivity index (χ3n) is 5.14. The fraction of sp³-hybridized carbons (Fsp3) is 0.250. The Morgan fingerprint density at radius 2 is 1.68 bits per heavy atom. The number of allylic oxidation sites excluding steroid dienone is 1. The van der Waals surface area contributed by atoms with Crippen molar-refractivity contribution < 1.29 is 4.79 Å². The lowest BCUT2D eigenvalue weighted by Gasteiger charge is -2.31. The third-order valence-corrected chi connectivity index (χ3v) is 5.95. The first kappa shape index (κ1) is 17.0. The minimum Gasteiger partial charge on any atom is -0.355 e. The predicted molar refractivity (Wildman–Crippen MR) is 103 cm³/mol. The molecule has 2 aromatic carbocycles. The Morgan fingerprint density at radius 1 is 0.960 bits per heavy atom. The molecule has 1 aliphatic heterocycles. The first-order valence-corrected chi connectivity index (χ1v) is 9.36. The van der Waals surface area contributed by atoms with Crippen LogP contribution in [0.1, 0.15) is 23.5 Å². The van der Waals surface area contributed by atoms with Crippen molar-refractivity contribution in [3.05, 3.63) is 74.7 Å². The van der Waals surface area contributed by atoms with Gasteiger partial charge >= 0.3 is 0 Å². The Balaban J connectivity index is 1.83. The van der Waals surface area contributed by atoms with Gasteiger partial charge in [0.1, 0.15) is 0 Å². The molecular formula is C20H16Cl3NO. The van der Waals surface area contributed by atoms with Crippen molar-refractivity contribution in [2.24, 2.45) is 11.8 Å². The predicted octanol–water partition coefficient (Wildman–Crippen LogP) is 5.58. The molecule has 2 aliphatic rings. The summed E-state index contributed by atoms with van der Waals surface area (Å²) in [6, 6.07) is 13.4. The summed E-state index contributed by atoms with van der Waals surface area (Å²) in [6.45, 7) is 0.718. The summed E-state index contributed by atoms with van der Waals surface area (Å²) in [5.41, 5.74) is 3.24. The third kappa shape index (κ3) is 3.19. The van der Waals surface area contributed by atoms with Crippen LogP contribution in [0.5, 0.6) is 0 Å². The summed E-state index contributed by atoms with van der Waals surface area (Å²) in [6.07, 6.45) is 2.98. The van der Waals surface area contributed by atoms with Crippen molar-refractivity contribution in [1.82, 2.24) is 5.32 Å². The van der Waals surface area contributed by atoms with Crippen LogP contribution >= 0.6 is 34.8 Å². The standard InChI is InChI=1S/C20H16Cl3NO/c21-13-3-1-11(2-4-13)16-9-17-12(10-24-20(17)25)7-18(16)15-6-5-14(22)8-19(15)23/h1-6,8-9,12,17-18H,7,10H2,(H,24,25). The van der Waals surface area contributed by atoms with Gasteiger partial charge in [-0.3, -0.25) is 4.79 Å². The van der Waals surface area contributed by atoms with Crippen molar-refractivity contribution in [1.29, 1.82) is 0 Å². The number of fused-ring (bicyclic) bond motifs is 1. The molecule has 1 fully saturated rings. The van der Waals surface area contributed by atoms with Gasteiger partial charge in [-0.2, -0.15) is 0 Å². The van der Waals surface area contributed by atoms with E-state index < -0.39 is 0 Å². The minimum atomic E-state index is -0.0759. The van der Waals surface area contributed by atoms with Gasteiger partial charge in [0.05, 0.1) is 5.92 Å². The average Bonchev–Trinajstić information content (AvgIpc) is 2.95. The number of amides is 1.